The number of hydrogen-bond donors (Lipinski definition) is 0. The van der Waals surface area contributed by atoms with E-state index in [9.17, 15) is 0 Å². The van der Waals surface area contributed by atoms with Crippen molar-refractivity contribution in [3.8, 4) is 33.8 Å². The third kappa shape index (κ3) is 5.66. The molecule has 4 nitrogen and oxygen atoms in total. The van der Waals surface area contributed by atoms with Crippen molar-refractivity contribution in [2.45, 2.75) is 0 Å². The van der Waals surface area contributed by atoms with Crippen LogP contribution in [-0.2, 0) is 0 Å². The zero-order chi connectivity index (χ0) is 37.7. The highest BCUT2D eigenvalue weighted by Gasteiger charge is 2.19. The van der Waals surface area contributed by atoms with Crippen LogP contribution < -0.4 is 4.90 Å². The minimum Gasteiger partial charge on any atom is -0.310 e. The molecule has 0 saturated heterocycles. The second kappa shape index (κ2) is 13.6. The van der Waals surface area contributed by atoms with E-state index in [0.29, 0.717) is 0 Å². The molecule has 3 aromatic heterocycles. The second-order valence-corrected chi connectivity index (χ2v) is 14.4. The molecule has 8 aromatic carbocycles. The highest BCUT2D eigenvalue weighted by molar-refractivity contribution is 6.24. The Morgan fingerprint density at radius 1 is 0.333 bits per heavy atom. The van der Waals surface area contributed by atoms with Crippen LogP contribution in [0.5, 0.6) is 0 Å². The number of hydrogen-bond acceptors (Lipinski definition) is 4. The lowest BCUT2D eigenvalue weighted by Gasteiger charge is -2.26. The van der Waals surface area contributed by atoms with E-state index in [1.807, 2.05) is 6.07 Å². The summed E-state index contributed by atoms with van der Waals surface area (Å²) in [6.45, 7) is 0. The van der Waals surface area contributed by atoms with Crippen LogP contribution in [0, 0.1) is 0 Å². The van der Waals surface area contributed by atoms with Gasteiger partial charge in [-0.3, -0.25) is 0 Å². The van der Waals surface area contributed by atoms with Crippen LogP contribution in [0.15, 0.2) is 206 Å². The van der Waals surface area contributed by atoms with Crippen molar-refractivity contribution < 1.29 is 0 Å². The van der Waals surface area contributed by atoms with Gasteiger partial charge in [0.1, 0.15) is 0 Å². The molecule has 0 amide bonds. The molecule has 11 rings (SSSR count). The molecule has 11 aromatic rings. The summed E-state index contributed by atoms with van der Waals surface area (Å²) in [4.78, 5) is 18.3. The van der Waals surface area contributed by atoms with Crippen LogP contribution in [0.25, 0.3) is 88.0 Å². The Bertz CT molecular complexity index is 3240. The zero-order valence-electron chi connectivity index (χ0n) is 30.9. The predicted octanol–water partition coefficient (Wildman–Crippen LogP) is 14.1. The summed E-state index contributed by atoms with van der Waals surface area (Å²) < 4.78 is 0. The molecule has 0 saturated carbocycles. The maximum absolute atomic E-state index is 5.44. The Morgan fingerprint density at radius 2 is 0.877 bits per heavy atom. The van der Waals surface area contributed by atoms with Gasteiger partial charge < -0.3 is 4.90 Å². The van der Waals surface area contributed by atoms with Crippen LogP contribution in [0.3, 0.4) is 0 Å². The van der Waals surface area contributed by atoms with E-state index in [0.717, 1.165) is 99.7 Å². The van der Waals surface area contributed by atoms with Gasteiger partial charge in [-0.2, -0.15) is 0 Å². The highest BCUT2D eigenvalue weighted by Crippen LogP contribution is 2.42. The van der Waals surface area contributed by atoms with Gasteiger partial charge in [0.25, 0.3) is 0 Å². The molecule has 0 bridgehead atoms. The third-order valence-corrected chi connectivity index (χ3v) is 11.0. The lowest BCUT2D eigenvalue weighted by atomic mass is 9.92. The molecule has 0 spiro atoms. The van der Waals surface area contributed by atoms with Crippen LogP contribution in [-0.4, -0.2) is 15.0 Å². The van der Waals surface area contributed by atoms with Gasteiger partial charge in [-0.05, 0) is 59.3 Å². The van der Waals surface area contributed by atoms with Crippen molar-refractivity contribution in [3.63, 3.8) is 0 Å². The van der Waals surface area contributed by atoms with Gasteiger partial charge in [0.15, 0.2) is 0 Å². The molecule has 266 valence electrons. The fourth-order valence-corrected chi connectivity index (χ4v) is 8.32. The molecular formula is C53H34N4. The van der Waals surface area contributed by atoms with E-state index in [4.69, 9.17) is 15.0 Å². The van der Waals surface area contributed by atoms with E-state index in [-0.39, 0.29) is 0 Å². The fraction of sp³-hybridized carbons (Fsp3) is 0. The Kier molecular flexibility index (Phi) is 7.78. The van der Waals surface area contributed by atoms with Gasteiger partial charge in [-0.15, -0.1) is 0 Å². The Hall–Kier alpha value is -7.69. The first-order chi connectivity index (χ1) is 28.3. The standard InChI is InChI=1S/C53H34N4/c1-5-14-35(15-6-1)47-32-26-37-24-25-38-27-33-48(55-53(38)52(37)54-47)43-22-13-23-44-42(43)30-31-46-50(44)45-29-28-41(34-49(45)56-51(46)36-16-7-2-8-17-36)57(39-18-9-3-10-19-39)40-20-11-4-12-21-40/h1-34H. The van der Waals surface area contributed by atoms with Crippen LogP contribution >= 0.6 is 0 Å². The van der Waals surface area contributed by atoms with Gasteiger partial charge in [0, 0.05) is 60.7 Å². The largest absolute Gasteiger partial charge is 0.310 e. The molecule has 57 heavy (non-hydrogen) atoms. The summed E-state index contributed by atoms with van der Waals surface area (Å²) in [6.07, 6.45) is 0. The monoisotopic (exact) mass is 726 g/mol. The summed E-state index contributed by atoms with van der Waals surface area (Å²) in [6, 6.07) is 72.5. The van der Waals surface area contributed by atoms with Crippen LogP contribution in [0.1, 0.15) is 0 Å². The lowest BCUT2D eigenvalue weighted by molar-refractivity contribution is 1.28. The summed E-state index contributed by atoms with van der Waals surface area (Å²) in [5, 5.41) is 7.83. The maximum Gasteiger partial charge on any atom is 0.0972 e. The van der Waals surface area contributed by atoms with Gasteiger partial charge in [0.05, 0.1) is 33.6 Å². The molecule has 0 radical (unpaired) electrons. The molecule has 0 aliphatic rings. The fourth-order valence-electron chi connectivity index (χ4n) is 8.32. The Morgan fingerprint density at radius 3 is 1.54 bits per heavy atom. The van der Waals surface area contributed by atoms with Crippen LogP contribution in [0.2, 0.25) is 0 Å². The second-order valence-electron chi connectivity index (χ2n) is 14.4. The normalized spacial score (nSPS) is 11.5. The summed E-state index contributed by atoms with van der Waals surface area (Å²) >= 11 is 0. The van der Waals surface area contributed by atoms with Gasteiger partial charge in [0.2, 0.25) is 0 Å². The van der Waals surface area contributed by atoms with E-state index in [1.165, 1.54) is 5.39 Å². The SMILES string of the molecule is c1ccc(-c2ccc3ccc4ccc(-c5cccc6c5ccc5c(-c7ccccc7)nc7cc(N(c8ccccc8)c8ccccc8)ccc7c56)nc4c3n2)cc1. The minimum absolute atomic E-state index is 0.899. The van der Waals surface area contributed by atoms with Crippen LogP contribution in [0.4, 0.5) is 17.1 Å². The maximum atomic E-state index is 5.44. The first-order valence-corrected chi connectivity index (χ1v) is 19.3. The van der Waals surface area contributed by atoms with Gasteiger partial charge in [-0.25, -0.2) is 15.0 Å². The number of pyridine rings is 3. The molecule has 0 aliphatic heterocycles. The average Bonchev–Trinajstić information content (AvgIpc) is 3.29. The van der Waals surface area contributed by atoms with Crippen molar-refractivity contribution in [2.24, 2.45) is 0 Å². The van der Waals surface area contributed by atoms with Crippen molar-refractivity contribution in [1.29, 1.82) is 0 Å². The number of para-hydroxylation sites is 2. The topological polar surface area (TPSA) is 41.9 Å². The first kappa shape index (κ1) is 32.7. The van der Waals surface area contributed by atoms with Gasteiger partial charge >= 0.3 is 0 Å². The molecule has 4 heteroatoms. The zero-order valence-corrected chi connectivity index (χ0v) is 30.9. The number of rotatable bonds is 6. The Balaban J connectivity index is 1.14. The van der Waals surface area contributed by atoms with Gasteiger partial charge in [-0.1, -0.05) is 158 Å². The average molecular weight is 727 g/mol. The predicted molar refractivity (Wildman–Crippen MR) is 238 cm³/mol. The van der Waals surface area contributed by atoms with Crippen molar-refractivity contribution in [2.75, 3.05) is 4.90 Å². The number of anilines is 3. The lowest BCUT2D eigenvalue weighted by Crippen LogP contribution is -2.09. The van der Waals surface area contributed by atoms with E-state index < -0.39 is 0 Å². The molecule has 0 unspecified atom stereocenters. The van der Waals surface area contributed by atoms with E-state index in [1.54, 1.807) is 0 Å². The number of nitrogens with zero attached hydrogens (tertiary/aromatic N) is 4. The number of aromatic nitrogens is 3. The van der Waals surface area contributed by atoms with Crippen molar-refractivity contribution in [3.05, 3.63) is 206 Å². The van der Waals surface area contributed by atoms with E-state index >= 15 is 0 Å². The molecule has 3 heterocycles. The van der Waals surface area contributed by atoms with Crippen molar-refractivity contribution >= 4 is 71.3 Å². The molecule has 0 atom stereocenters. The van der Waals surface area contributed by atoms with E-state index in [2.05, 4.69) is 205 Å². The number of benzene rings is 8. The molecular weight excluding hydrogens is 693 g/mol. The molecule has 0 aliphatic carbocycles. The third-order valence-electron chi connectivity index (χ3n) is 11.0. The summed E-state index contributed by atoms with van der Waals surface area (Å²) in [7, 11) is 0. The highest BCUT2D eigenvalue weighted by atomic mass is 15.1. The quantitative estimate of drug-likeness (QED) is 0.160. The minimum atomic E-state index is 0.899. The smallest absolute Gasteiger partial charge is 0.0972 e. The summed E-state index contributed by atoms with van der Waals surface area (Å²) in [5.41, 5.74) is 12.0. The molecule has 0 N–H and O–H groups in total. The first-order valence-electron chi connectivity index (χ1n) is 19.3. The number of fused-ring (bicyclic) bond motifs is 8. The van der Waals surface area contributed by atoms with Crippen molar-refractivity contribution in [1.82, 2.24) is 15.0 Å². The molecule has 0 fully saturated rings. The Labute approximate surface area is 330 Å². The summed E-state index contributed by atoms with van der Waals surface area (Å²) in [5.74, 6) is 0.